The van der Waals surface area contributed by atoms with Crippen LogP contribution in [0.25, 0.3) is 10.8 Å². The number of rotatable bonds is 6. The zero-order valence-electron chi connectivity index (χ0n) is 40.0. The molecule has 5 heterocycles. The van der Waals surface area contributed by atoms with Gasteiger partial charge in [0.05, 0.1) is 40.9 Å². The monoisotopic (exact) mass is 968 g/mol. The van der Waals surface area contributed by atoms with Crippen molar-refractivity contribution in [3.63, 3.8) is 0 Å². The van der Waals surface area contributed by atoms with Crippen LogP contribution in [-0.2, 0) is 38.8 Å². The van der Waals surface area contributed by atoms with Gasteiger partial charge in [0.15, 0.2) is 17.4 Å². The summed E-state index contributed by atoms with van der Waals surface area (Å²) in [5.41, 5.74) is -0.599. The Morgan fingerprint density at radius 1 is 1.01 bits per heavy atom. The number of anilines is 1. The number of carbonyl (C=O) groups excluding carboxylic acids is 3. The molecule has 0 unspecified atom stereocenters. The van der Waals surface area contributed by atoms with Crippen molar-refractivity contribution in [3.05, 3.63) is 89.7 Å². The zero-order chi connectivity index (χ0) is 49.7. The normalized spacial score (nSPS) is 30.5. The fourth-order valence-corrected chi connectivity index (χ4v) is 9.37. The molecule has 0 radical (unpaired) electrons. The molecule has 67 heavy (non-hydrogen) atoms. The Bertz CT molecular complexity index is 2480. The van der Waals surface area contributed by atoms with Gasteiger partial charge < -0.3 is 49.6 Å². The number of ketones is 1. The SMILES string of the molecule is [CH-]=C/C=C\[CH]=[Ni].[CH2-]C(=O)O[C@H]1[C@H](C)[C@H](O)[C@H](C)[C@@H](O)[C@@H](C)/C=C/C=C(/C)C(=O)Nc2c(O)c3c(O)c(C)c4c(c3c3c2=NC2(CCN(CC(C)C)CC2)N=3)C(=O)[C@@](C)(O/C=C/[C@H](OC)[C@H]1C)O4. The molecule has 1 amide bonds. The predicted octanol–water partition coefficient (Wildman–Crippen LogP) is 5.44. The van der Waals surface area contributed by atoms with Crippen LogP contribution in [0.1, 0.15) is 84.2 Å². The first-order valence-corrected chi connectivity index (χ1v) is 23.2. The molecule has 5 N–H and O–H groups in total. The summed E-state index contributed by atoms with van der Waals surface area (Å²) >= 11 is 4.18. The van der Waals surface area contributed by atoms with E-state index < -0.39 is 82.9 Å². The van der Waals surface area contributed by atoms with Gasteiger partial charge in [-0.25, -0.2) is 0 Å². The number of phenolic OH excluding ortho intramolecular Hbond substituents is 2. The van der Waals surface area contributed by atoms with E-state index in [0.29, 0.717) is 31.8 Å². The van der Waals surface area contributed by atoms with Crippen molar-refractivity contribution in [1.82, 2.24) is 4.90 Å². The number of benzene rings is 2. The molecule has 1 saturated heterocycles. The Hall–Kier alpha value is -5.12. The second-order valence-electron chi connectivity index (χ2n) is 18.5. The molecule has 15 nitrogen and oxygen atoms in total. The summed E-state index contributed by atoms with van der Waals surface area (Å²) < 4.78 is 23.8. The van der Waals surface area contributed by atoms with Crippen LogP contribution in [0.4, 0.5) is 5.69 Å². The number of piperidine rings is 1. The number of aromatic hydroxyl groups is 2. The molecule has 2 aromatic carbocycles. The van der Waals surface area contributed by atoms with Crippen molar-refractivity contribution in [2.24, 2.45) is 39.6 Å². The number of aliphatic hydroxyl groups is 2. The Morgan fingerprint density at radius 2 is 1.67 bits per heavy atom. The average Bonchev–Trinajstić information content (AvgIpc) is 3.79. The van der Waals surface area contributed by atoms with E-state index in [9.17, 15) is 34.8 Å². The van der Waals surface area contributed by atoms with E-state index in [0.717, 1.165) is 6.54 Å². The first kappa shape index (κ1) is 52.8. The van der Waals surface area contributed by atoms with Gasteiger partial charge in [-0.15, -0.1) is 0 Å². The number of Topliss-reactive ketones (excluding diaryl/α,β-unsaturated/α-hetero) is 1. The molecule has 7 rings (SSSR count). The average molecular weight is 970 g/mol. The van der Waals surface area contributed by atoms with Crippen LogP contribution in [0.15, 0.2) is 64.4 Å². The first-order valence-electron chi connectivity index (χ1n) is 22.6. The summed E-state index contributed by atoms with van der Waals surface area (Å²) in [6.07, 6.45) is 9.67. The van der Waals surface area contributed by atoms with E-state index in [2.05, 4.69) is 46.0 Å². The summed E-state index contributed by atoms with van der Waals surface area (Å²) in [6.45, 7) is 26.5. The molecule has 368 valence electrons. The third-order valence-electron chi connectivity index (χ3n) is 13.1. The van der Waals surface area contributed by atoms with Gasteiger partial charge in [-0.1, -0.05) is 59.8 Å². The number of fused-ring (bicyclic) bond motifs is 13. The van der Waals surface area contributed by atoms with E-state index in [1.165, 1.54) is 32.4 Å². The molecule has 1 spiro atoms. The molecule has 5 aliphatic heterocycles. The molecule has 9 atom stereocenters. The number of aliphatic hydroxyl groups excluding tert-OH is 2. The topological polar surface area (TPSA) is 209 Å². The molecule has 16 heteroatoms. The van der Waals surface area contributed by atoms with Crippen molar-refractivity contribution in [3.8, 4) is 17.2 Å². The Balaban J connectivity index is 0.00000131. The Labute approximate surface area is 400 Å². The number of allylic oxidation sites excluding steroid dienone is 5. The van der Waals surface area contributed by atoms with Gasteiger partial charge in [0.1, 0.15) is 28.6 Å². The van der Waals surface area contributed by atoms with Gasteiger partial charge >= 0.3 is 50.6 Å². The number of nitrogens with zero attached hydrogens (tertiary/aromatic N) is 3. The van der Waals surface area contributed by atoms with Crippen LogP contribution in [0.3, 0.4) is 0 Å². The second kappa shape index (κ2) is 21.9. The minimum absolute atomic E-state index is 0.0295. The van der Waals surface area contributed by atoms with Crippen LogP contribution in [0.5, 0.6) is 17.2 Å². The molecule has 1 fully saturated rings. The fourth-order valence-electron chi connectivity index (χ4n) is 9.26. The summed E-state index contributed by atoms with van der Waals surface area (Å²) in [5, 5.41) is 50.1. The number of amides is 1. The number of phenols is 2. The second-order valence-corrected chi connectivity index (χ2v) is 18.8. The summed E-state index contributed by atoms with van der Waals surface area (Å²) in [4.78, 5) is 55.1. The Morgan fingerprint density at radius 3 is 2.25 bits per heavy atom. The molecule has 0 aliphatic carbocycles. The van der Waals surface area contributed by atoms with E-state index in [4.69, 9.17) is 35.5 Å². The number of methoxy groups -OCH3 is 1. The van der Waals surface area contributed by atoms with Crippen molar-refractivity contribution in [2.75, 3.05) is 32.1 Å². The predicted molar refractivity (Wildman–Crippen MR) is 251 cm³/mol. The molecule has 5 aliphatic rings. The van der Waals surface area contributed by atoms with Gasteiger partial charge in [0, 0.05) is 86.7 Å². The summed E-state index contributed by atoms with van der Waals surface area (Å²) in [7, 11) is 1.45. The van der Waals surface area contributed by atoms with Crippen LogP contribution in [0, 0.1) is 50.0 Å². The number of hydrogen-bond acceptors (Lipinski definition) is 14. The van der Waals surface area contributed by atoms with Gasteiger partial charge in [-0.2, -0.15) is 0 Å². The summed E-state index contributed by atoms with van der Waals surface area (Å²) in [5.74, 6) is -6.85. The Kier molecular flexibility index (Phi) is 17.3. The fraction of sp³-hybridized carbons (Fsp3) is 0.510. The zero-order valence-corrected chi connectivity index (χ0v) is 41.0. The third kappa shape index (κ3) is 11.1. The van der Waals surface area contributed by atoms with Gasteiger partial charge in [-0.05, 0) is 25.8 Å². The standard InChI is InChI=1S/C46H61N4O11.C5H5.Ni/c1-22(2)21-50-18-16-46(17-19-50)48-34-31-32-39(54)28(8)42-33(31)43(56)45(10,61-42)59-20-15-30(58-11)25(5)41(60-29(9)51)27(7)38(53)26(6)37(52)23(3)13-12-14-24(4)44(57)47-36(40(32)55)35(34)49-46;1-3-5-4-2;/h12-15,20,22-23,25-27,30,37-38,41,52-55H,9,16-19,21H2,1-8,10-11H3,(H,47,57);1-5H;/q2*-1;/b13-12+,20-15+,24-14-;5-3-;/t23-,25+,26+,27+,30-,37-,38+,41+,45-;;/m0../s1. The maximum absolute atomic E-state index is 14.7. The van der Waals surface area contributed by atoms with Crippen LogP contribution >= 0.6 is 0 Å². The molecule has 0 saturated carbocycles. The van der Waals surface area contributed by atoms with Gasteiger partial charge in [0.25, 0.3) is 11.7 Å². The number of nitrogens with one attached hydrogen (secondary N) is 1. The van der Waals surface area contributed by atoms with Gasteiger partial charge in [-0.3, -0.25) is 31.3 Å². The van der Waals surface area contributed by atoms with E-state index in [1.54, 1.807) is 76.9 Å². The maximum atomic E-state index is 14.7. The number of likely N-dealkylation sites (tertiary alicyclic amines) is 1. The number of esters is 1. The quantitative estimate of drug-likeness (QED) is 0.0806. The van der Waals surface area contributed by atoms with E-state index in [1.807, 2.05) is 0 Å². The molecular formula is C51H66N4NiO11-2. The largest absolute Gasteiger partial charge is 0.507 e. The maximum Gasteiger partial charge on any atom is 0.312 e. The van der Waals surface area contributed by atoms with Crippen molar-refractivity contribution < 1.29 is 68.8 Å². The molecule has 5 bridgehead atoms. The minimum Gasteiger partial charge on any atom is -0.507 e. The summed E-state index contributed by atoms with van der Waals surface area (Å²) in [6, 6.07) is 0. The number of carbonyl (C=O) groups is 3. The van der Waals surface area contributed by atoms with Crippen LogP contribution < -0.4 is 20.8 Å². The van der Waals surface area contributed by atoms with Crippen LogP contribution in [-0.4, -0.2) is 111 Å². The molecular weight excluding hydrogens is 903 g/mol. The minimum atomic E-state index is -1.97. The van der Waals surface area contributed by atoms with Crippen molar-refractivity contribution >= 4 is 39.1 Å². The van der Waals surface area contributed by atoms with E-state index in [-0.39, 0.29) is 55.4 Å². The number of hydrogen-bond donors (Lipinski definition) is 5. The van der Waals surface area contributed by atoms with Gasteiger partial charge in [0.2, 0.25) is 0 Å². The smallest absolute Gasteiger partial charge is 0.312 e. The number of ether oxygens (including phenoxy) is 4. The molecule has 2 aromatic rings. The molecule has 0 aromatic heterocycles. The van der Waals surface area contributed by atoms with E-state index >= 15 is 0 Å². The first-order chi connectivity index (χ1) is 31.6. The van der Waals surface area contributed by atoms with Crippen molar-refractivity contribution in [2.45, 2.75) is 111 Å². The van der Waals surface area contributed by atoms with Crippen molar-refractivity contribution in [1.29, 1.82) is 0 Å². The van der Waals surface area contributed by atoms with Crippen LogP contribution in [0.2, 0.25) is 0 Å². The third-order valence-corrected chi connectivity index (χ3v) is 13.3.